The van der Waals surface area contributed by atoms with Crippen LogP contribution < -0.4 is 5.32 Å². The van der Waals surface area contributed by atoms with Crippen molar-refractivity contribution in [1.82, 2.24) is 5.32 Å². The number of nitrogens with one attached hydrogen (secondary N) is 1. The molecule has 0 spiro atoms. The number of hydrogen-bond donors (Lipinski definition) is 2. The van der Waals surface area contributed by atoms with E-state index in [4.69, 9.17) is 5.11 Å². The van der Waals surface area contributed by atoms with Gasteiger partial charge in [-0.1, -0.05) is 18.6 Å². The Hall–Kier alpha value is -1.32. The number of amides is 1. The zero-order valence-electron chi connectivity index (χ0n) is 11.1. The van der Waals surface area contributed by atoms with E-state index in [9.17, 15) is 9.59 Å². The molecule has 2 bridgehead atoms. The molecule has 0 heterocycles. The number of carboxylic acid groups (broad SMARTS) is 1. The lowest BCUT2D eigenvalue weighted by Crippen LogP contribution is -2.45. The molecule has 1 amide bonds. The van der Waals surface area contributed by atoms with E-state index in [1.165, 1.54) is 0 Å². The molecule has 19 heavy (non-hydrogen) atoms. The summed E-state index contributed by atoms with van der Waals surface area (Å²) >= 11 is 0. The maximum Gasteiger partial charge on any atom is 0.303 e. The van der Waals surface area contributed by atoms with Crippen LogP contribution in [0.2, 0.25) is 0 Å². The van der Waals surface area contributed by atoms with E-state index < -0.39 is 5.97 Å². The normalized spacial score (nSPS) is 34.0. The highest BCUT2D eigenvalue weighted by molar-refractivity contribution is 5.80. The van der Waals surface area contributed by atoms with Crippen LogP contribution in [0.15, 0.2) is 12.2 Å². The van der Waals surface area contributed by atoms with E-state index in [-0.39, 0.29) is 23.7 Å². The minimum atomic E-state index is -0.753. The Morgan fingerprint density at radius 2 is 2.05 bits per heavy atom. The monoisotopic (exact) mass is 263 g/mol. The zero-order chi connectivity index (χ0) is 13.5. The van der Waals surface area contributed by atoms with Crippen molar-refractivity contribution in [3.05, 3.63) is 12.2 Å². The number of aliphatic carboxylic acids is 1. The molecular weight excluding hydrogens is 242 g/mol. The van der Waals surface area contributed by atoms with Crippen LogP contribution in [-0.4, -0.2) is 23.5 Å². The van der Waals surface area contributed by atoms with Crippen LogP contribution in [0.25, 0.3) is 0 Å². The van der Waals surface area contributed by atoms with Gasteiger partial charge in [-0.15, -0.1) is 0 Å². The first-order chi connectivity index (χ1) is 9.08. The van der Waals surface area contributed by atoms with Crippen molar-refractivity contribution >= 4 is 11.9 Å². The first kappa shape index (κ1) is 12.7. The second kappa shape index (κ2) is 4.66. The Morgan fingerprint density at radius 3 is 2.53 bits per heavy atom. The SMILES string of the molecule is O=C(O)CC1(CNC(=O)C2CC3C=CC2C3)CCC1. The summed E-state index contributed by atoms with van der Waals surface area (Å²) in [5, 5.41) is 12.0. The maximum absolute atomic E-state index is 12.2. The van der Waals surface area contributed by atoms with Gasteiger partial charge in [0.1, 0.15) is 0 Å². The van der Waals surface area contributed by atoms with Crippen molar-refractivity contribution < 1.29 is 14.7 Å². The summed E-state index contributed by atoms with van der Waals surface area (Å²) in [6.07, 6.45) is 9.62. The van der Waals surface area contributed by atoms with Gasteiger partial charge in [-0.05, 0) is 42.9 Å². The summed E-state index contributed by atoms with van der Waals surface area (Å²) in [6, 6.07) is 0. The minimum absolute atomic E-state index is 0.122. The number of carbonyl (C=O) groups is 2. The number of fused-ring (bicyclic) bond motifs is 2. The van der Waals surface area contributed by atoms with Gasteiger partial charge in [-0.3, -0.25) is 9.59 Å². The molecule has 0 aromatic carbocycles. The largest absolute Gasteiger partial charge is 0.481 e. The van der Waals surface area contributed by atoms with Crippen molar-refractivity contribution in [3.63, 3.8) is 0 Å². The molecule has 0 aromatic rings. The topological polar surface area (TPSA) is 66.4 Å². The van der Waals surface area contributed by atoms with Gasteiger partial charge < -0.3 is 10.4 Å². The molecule has 4 heteroatoms. The zero-order valence-corrected chi connectivity index (χ0v) is 11.1. The Morgan fingerprint density at radius 1 is 1.26 bits per heavy atom. The molecule has 3 aliphatic carbocycles. The van der Waals surface area contributed by atoms with Crippen LogP contribution >= 0.6 is 0 Å². The Kier molecular flexibility index (Phi) is 3.11. The molecule has 2 N–H and O–H groups in total. The van der Waals surface area contributed by atoms with Gasteiger partial charge in [0, 0.05) is 12.5 Å². The second-order valence-electron chi connectivity index (χ2n) is 6.53. The fourth-order valence-electron chi connectivity index (χ4n) is 3.90. The van der Waals surface area contributed by atoms with Gasteiger partial charge in [0.15, 0.2) is 0 Å². The van der Waals surface area contributed by atoms with Crippen LogP contribution in [-0.2, 0) is 9.59 Å². The smallest absolute Gasteiger partial charge is 0.303 e. The second-order valence-corrected chi connectivity index (χ2v) is 6.53. The van der Waals surface area contributed by atoms with E-state index in [0.717, 1.165) is 32.1 Å². The number of hydrogen-bond acceptors (Lipinski definition) is 2. The summed E-state index contributed by atoms with van der Waals surface area (Å²) < 4.78 is 0. The van der Waals surface area contributed by atoms with Crippen molar-refractivity contribution in [2.75, 3.05) is 6.54 Å². The summed E-state index contributed by atoms with van der Waals surface area (Å²) in [6.45, 7) is 0.537. The molecule has 3 unspecified atom stereocenters. The molecule has 0 aliphatic heterocycles. The fraction of sp³-hybridized carbons (Fsp3) is 0.733. The number of carbonyl (C=O) groups excluding carboxylic acids is 1. The van der Waals surface area contributed by atoms with E-state index in [1.54, 1.807) is 0 Å². The quantitative estimate of drug-likeness (QED) is 0.745. The first-order valence-electron chi connectivity index (χ1n) is 7.26. The predicted octanol–water partition coefficient (Wildman–Crippen LogP) is 1.96. The molecule has 0 saturated heterocycles. The van der Waals surface area contributed by atoms with E-state index in [2.05, 4.69) is 17.5 Å². The number of rotatable bonds is 5. The van der Waals surface area contributed by atoms with Crippen molar-refractivity contribution in [2.24, 2.45) is 23.2 Å². The van der Waals surface area contributed by atoms with Crippen molar-refractivity contribution in [3.8, 4) is 0 Å². The molecule has 3 aliphatic rings. The molecule has 0 radical (unpaired) electrons. The molecule has 2 saturated carbocycles. The Balaban J connectivity index is 1.53. The lowest BCUT2D eigenvalue weighted by molar-refractivity contribution is -0.142. The Bertz CT molecular complexity index is 425. The van der Waals surface area contributed by atoms with E-state index in [1.807, 2.05) is 0 Å². The highest BCUT2D eigenvalue weighted by Crippen LogP contribution is 2.45. The third kappa shape index (κ3) is 2.40. The van der Waals surface area contributed by atoms with Gasteiger partial charge in [-0.25, -0.2) is 0 Å². The summed E-state index contributed by atoms with van der Waals surface area (Å²) in [7, 11) is 0. The van der Waals surface area contributed by atoms with Gasteiger partial charge in [0.25, 0.3) is 0 Å². The molecule has 3 rings (SSSR count). The number of carboxylic acids is 1. The van der Waals surface area contributed by atoms with Gasteiger partial charge in [-0.2, -0.15) is 0 Å². The molecule has 104 valence electrons. The average molecular weight is 263 g/mol. The van der Waals surface area contributed by atoms with Gasteiger partial charge in [0.05, 0.1) is 6.42 Å². The summed E-state index contributed by atoms with van der Waals surface area (Å²) in [5.74, 6) is 0.515. The fourth-order valence-corrected chi connectivity index (χ4v) is 3.90. The molecule has 0 aromatic heterocycles. The minimum Gasteiger partial charge on any atom is -0.481 e. The molecule has 2 fully saturated rings. The van der Waals surface area contributed by atoms with Crippen LogP contribution in [0.1, 0.15) is 38.5 Å². The maximum atomic E-state index is 12.2. The van der Waals surface area contributed by atoms with Crippen LogP contribution in [0.5, 0.6) is 0 Å². The van der Waals surface area contributed by atoms with Crippen molar-refractivity contribution in [1.29, 1.82) is 0 Å². The van der Waals surface area contributed by atoms with Crippen molar-refractivity contribution in [2.45, 2.75) is 38.5 Å². The van der Waals surface area contributed by atoms with Crippen LogP contribution in [0.3, 0.4) is 0 Å². The summed E-state index contributed by atoms with van der Waals surface area (Å²) in [4.78, 5) is 23.1. The lowest BCUT2D eigenvalue weighted by Gasteiger charge is -2.41. The standard InChI is InChI=1S/C15H21NO3/c17-13(18)8-15(4-1-5-15)9-16-14(19)12-7-10-2-3-11(12)6-10/h2-3,10-12H,1,4-9H2,(H,16,19)(H,17,18). The van der Waals surface area contributed by atoms with E-state index in [0.29, 0.717) is 18.4 Å². The van der Waals surface area contributed by atoms with Gasteiger partial charge in [0.2, 0.25) is 5.91 Å². The highest BCUT2D eigenvalue weighted by atomic mass is 16.4. The first-order valence-corrected chi connectivity index (χ1v) is 7.26. The van der Waals surface area contributed by atoms with Crippen LogP contribution in [0, 0.1) is 23.2 Å². The predicted molar refractivity (Wildman–Crippen MR) is 70.4 cm³/mol. The van der Waals surface area contributed by atoms with Gasteiger partial charge >= 0.3 is 5.97 Å². The Labute approximate surface area is 113 Å². The average Bonchev–Trinajstić information content (AvgIpc) is 2.93. The molecule has 3 atom stereocenters. The third-order valence-electron chi connectivity index (χ3n) is 5.19. The lowest BCUT2D eigenvalue weighted by atomic mass is 9.66. The van der Waals surface area contributed by atoms with E-state index >= 15 is 0 Å². The summed E-state index contributed by atoms with van der Waals surface area (Å²) in [5.41, 5.74) is -0.172. The molecule has 4 nitrogen and oxygen atoms in total. The number of allylic oxidation sites excluding steroid dienone is 2. The third-order valence-corrected chi connectivity index (χ3v) is 5.19. The van der Waals surface area contributed by atoms with Crippen LogP contribution in [0.4, 0.5) is 0 Å². The highest BCUT2D eigenvalue weighted by Gasteiger charge is 2.42. The molecular formula is C15H21NO3.